The van der Waals surface area contributed by atoms with Crippen molar-refractivity contribution in [3.8, 4) is 0 Å². The van der Waals surface area contributed by atoms with Gasteiger partial charge in [0, 0.05) is 23.2 Å². The Balaban J connectivity index is 1.97. The summed E-state index contributed by atoms with van der Waals surface area (Å²) < 4.78 is 12.3. The van der Waals surface area contributed by atoms with Crippen LogP contribution in [-0.4, -0.2) is 41.4 Å². The monoisotopic (exact) mass is 380 g/mol. The van der Waals surface area contributed by atoms with Crippen LogP contribution in [0.15, 0.2) is 12.7 Å². The molecule has 0 aromatic rings. The molecule has 0 amide bonds. The lowest BCUT2D eigenvalue weighted by Gasteiger charge is -2.52. The second kappa shape index (κ2) is 7.78. The van der Waals surface area contributed by atoms with Crippen LogP contribution in [0.3, 0.4) is 0 Å². The summed E-state index contributed by atoms with van der Waals surface area (Å²) in [4.78, 5) is 0. The fraction of sp³-hybridized carbons (Fsp3) is 0.913. The van der Waals surface area contributed by atoms with Crippen LogP contribution in [0.5, 0.6) is 0 Å². The molecule has 0 aromatic carbocycles. The summed E-state index contributed by atoms with van der Waals surface area (Å²) in [6.07, 6.45) is 7.52. The van der Waals surface area contributed by atoms with Crippen molar-refractivity contribution in [1.29, 1.82) is 0 Å². The van der Waals surface area contributed by atoms with Gasteiger partial charge in [0.1, 0.15) is 0 Å². The third-order valence-electron chi connectivity index (χ3n) is 8.47. The lowest BCUT2D eigenvalue weighted by atomic mass is 9.57. The molecule has 156 valence electrons. The molecule has 1 spiro atoms. The summed E-state index contributed by atoms with van der Waals surface area (Å²) in [5, 5.41) is 22.6. The first kappa shape index (κ1) is 21.3. The Hall–Kier alpha value is -0.420. The van der Waals surface area contributed by atoms with E-state index >= 15 is 0 Å². The summed E-state index contributed by atoms with van der Waals surface area (Å²) in [5.41, 5.74) is -0.814. The predicted octanol–water partition coefficient (Wildman–Crippen LogP) is 4.30. The zero-order valence-corrected chi connectivity index (χ0v) is 17.7. The molecule has 3 rings (SSSR count). The van der Waals surface area contributed by atoms with Crippen LogP contribution in [0.25, 0.3) is 0 Å². The van der Waals surface area contributed by atoms with E-state index in [-0.39, 0.29) is 17.3 Å². The van der Waals surface area contributed by atoms with E-state index in [2.05, 4.69) is 27.4 Å². The zero-order chi connectivity index (χ0) is 19.9. The van der Waals surface area contributed by atoms with Gasteiger partial charge in [-0.2, -0.15) is 0 Å². The zero-order valence-electron chi connectivity index (χ0n) is 17.7. The van der Waals surface area contributed by atoms with Crippen LogP contribution in [0.1, 0.15) is 72.6 Å². The Labute approximate surface area is 165 Å². The van der Waals surface area contributed by atoms with E-state index in [4.69, 9.17) is 9.47 Å². The van der Waals surface area contributed by atoms with Crippen molar-refractivity contribution in [2.24, 2.45) is 28.6 Å². The second-order valence-electron chi connectivity index (χ2n) is 10.0. The quantitative estimate of drug-likeness (QED) is 0.702. The van der Waals surface area contributed by atoms with Crippen LogP contribution < -0.4 is 0 Å². The molecule has 2 N–H and O–H groups in total. The van der Waals surface area contributed by atoms with Gasteiger partial charge in [-0.1, -0.05) is 46.6 Å². The normalized spacial score (nSPS) is 48.6. The van der Waals surface area contributed by atoms with Crippen LogP contribution in [-0.2, 0) is 9.47 Å². The molecule has 3 unspecified atom stereocenters. The van der Waals surface area contributed by atoms with Crippen molar-refractivity contribution in [3.05, 3.63) is 12.7 Å². The topological polar surface area (TPSA) is 58.9 Å². The SMILES string of the molecule is C=C[C@@]1(C)C[C@@H](O)[C@@](C)(C2CCCC23OCCO3)[C@H](C)CCCC(C)C1O. The van der Waals surface area contributed by atoms with Gasteiger partial charge in [0.25, 0.3) is 0 Å². The first-order chi connectivity index (χ1) is 12.7. The third kappa shape index (κ3) is 3.52. The molecule has 2 saturated carbocycles. The van der Waals surface area contributed by atoms with Gasteiger partial charge in [-0.3, -0.25) is 0 Å². The summed E-state index contributed by atoms with van der Waals surface area (Å²) in [5.74, 6) is 0.221. The molecule has 4 nitrogen and oxygen atoms in total. The molecule has 27 heavy (non-hydrogen) atoms. The van der Waals surface area contributed by atoms with E-state index in [0.29, 0.717) is 25.6 Å². The highest BCUT2D eigenvalue weighted by Crippen LogP contribution is 2.57. The van der Waals surface area contributed by atoms with E-state index in [1.807, 2.05) is 13.0 Å². The van der Waals surface area contributed by atoms with Crippen LogP contribution in [0.2, 0.25) is 0 Å². The molecule has 0 bridgehead atoms. The van der Waals surface area contributed by atoms with Crippen LogP contribution in [0.4, 0.5) is 0 Å². The van der Waals surface area contributed by atoms with E-state index in [9.17, 15) is 10.2 Å². The molecule has 3 fully saturated rings. The Morgan fingerprint density at radius 1 is 1.00 bits per heavy atom. The molecule has 1 aliphatic heterocycles. The number of aliphatic hydroxyl groups is 2. The van der Waals surface area contributed by atoms with Gasteiger partial charge >= 0.3 is 0 Å². The van der Waals surface area contributed by atoms with Gasteiger partial charge in [0.2, 0.25) is 0 Å². The maximum atomic E-state index is 11.6. The fourth-order valence-corrected chi connectivity index (χ4v) is 6.28. The summed E-state index contributed by atoms with van der Waals surface area (Å²) in [7, 11) is 0. The van der Waals surface area contributed by atoms with Gasteiger partial charge in [-0.15, -0.1) is 6.58 Å². The lowest BCUT2D eigenvalue weighted by Crippen LogP contribution is -2.54. The van der Waals surface area contributed by atoms with Crippen molar-refractivity contribution < 1.29 is 19.7 Å². The summed E-state index contributed by atoms with van der Waals surface area (Å²) in [6.45, 7) is 14.0. The minimum atomic E-state index is -0.539. The molecule has 1 saturated heterocycles. The first-order valence-electron chi connectivity index (χ1n) is 11.0. The molecule has 0 aromatic heterocycles. The Bertz CT molecular complexity index is 523. The van der Waals surface area contributed by atoms with E-state index in [1.165, 1.54) is 0 Å². The van der Waals surface area contributed by atoms with Gasteiger partial charge < -0.3 is 19.7 Å². The minimum absolute atomic E-state index is 0.181. The van der Waals surface area contributed by atoms with Crippen molar-refractivity contribution in [3.63, 3.8) is 0 Å². The number of ether oxygens (including phenoxy) is 2. The maximum Gasteiger partial charge on any atom is 0.171 e. The molecule has 3 aliphatic rings. The minimum Gasteiger partial charge on any atom is -0.393 e. The number of hydrogen-bond donors (Lipinski definition) is 2. The van der Waals surface area contributed by atoms with Crippen LogP contribution in [0, 0.1) is 28.6 Å². The van der Waals surface area contributed by atoms with Gasteiger partial charge in [-0.25, -0.2) is 0 Å². The van der Waals surface area contributed by atoms with E-state index in [1.54, 1.807) is 0 Å². The van der Waals surface area contributed by atoms with E-state index in [0.717, 1.165) is 38.5 Å². The predicted molar refractivity (Wildman–Crippen MR) is 107 cm³/mol. The average molecular weight is 381 g/mol. The fourth-order valence-electron chi connectivity index (χ4n) is 6.28. The van der Waals surface area contributed by atoms with Gasteiger partial charge in [-0.05, 0) is 37.5 Å². The highest BCUT2D eigenvalue weighted by Gasteiger charge is 2.59. The molecule has 4 heteroatoms. The molecule has 1 heterocycles. The molecular formula is C23H40O4. The van der Waals surface area contributed by atoms with Crippen molar-refractivity contribution >= 4 is 0 Å². The first-order valence-corrected chi connectivity index (χ1v) is 11.0. The molecule has 7 atom stereocenters. The highest BCUT2D eigenvalue weighted by molar-refractivity contribution is 5.07. The number of hydrogen-bond acceptors (Lipinski definition) is 4. The smallest absolute Gasteiger partial charge is 0.171 e. The van der Waals surface area contributed by atoms with E-state index < -0.39 is 23.4 Å². The third-order valence-corrected chi connectivity index (χ3v) is 8.47. The standard InChI is InChI=1S/C23H40O4/c1-6-21(4)15-19(24)22(5,17(3)10-7-9-16(2)20(21)25)18-11-8-12-23(18)26-13-14-27-23/h6,16-20,24-25H,1,7-15H2,2-5H3/t16?,17-,18?,19-,20?,21+,22-/m1/s1. The highest BCUT2D eigenvalue weighted by atomic mass is 16.7. The average Bonchev–Trinajstić information content (AvgIpc) is 3.29. The van der Waals surface area contributed by atoms with Gasteiger partial charge in [0.05, 0.1) is 25.4 Å². The Morgan fingerprint density at radius 3 is 2.30 bits per heavy atom. The lowest BCUT2D eigenvalue weighted by molar-refractivity contribution is -0.232. The Morgan fingerprint density at radius 2 is 1.67 bits per heavy atom. The summed E-state index contributed by atoms with van der Waals surface area (Å²) in [6, 6.07) is 0. The Kier molecular flexibility index (Phi) is 6.13. The number of rotatable bonds is 2. The maximum absolute atomic E-state index is 11.6. The van der Waals surface area contributed by atoms with Crippen molar-refractivity contribution in [2.75, 3.05) is 13.2 Å². The van der Waals surface area contributed by atoms with Gasteiger partial charge in [0.15, 0.2) is 5.79 Å². The van der Waals surface area contributed by atoms with Crippen LogP contribution >= 0.6 is 0 Å². The molecule has 2 aliphatic carbocycles. The van der Waals surface area contributed by atoms with Crippen molar-refractivity contribution in [2.45, 2.75) is 90.6 Å². The molecular weight excluding hydrogens is 340 g/mol. The largest absolute Gasteiger partial charge is 0.393 e. The number of aliphatic hydroxyl groups excluding tert-OH is 2. The second-order valence-corrected chi connectivity index (χ2v) is 10.0. The van der Waals surface area contributed by atoms with Crippen molar-refractivity contribution in [1.82, 2.24) is 0 Å². The molecule has 0 radical (unpaired) electrons. The summed E-state index contributed by atoms with van der Waals surface area (Å²) >= 11 is 0.